The number of hydrogen-bond donors (Lipinski definition) is 2. The van der Waals surface area contributed by atoms with Crippen LogP contribution in [0.25, 0.3) is 0 Å². The van der Waals surface area contributed by atoms with E-state index in [1.54, 1.807) is 13.2 Å². The van der Waals surface area contributed by atoms with Gasteiger partial charge in [-0.25, -0.2) is 0 Å². The Bertz CT molecular complexity index is 501. The Morgan fingerprint density at radius 2 is 1.82 bits per heavy atom. The van der Waals surface area contributed by atoms with Crippen LogP contribution in [0.1, 0.15) is 20.8 Å². The molecule has 8 heteroatoms. The van der Waals surface area contributed by atoms with Crippen LogP contribution < -0.4 is 24.0 Å². The first-order valence-corrected chi connectivity index (χ1v) is 7.48. The molecule has 0 unspecified atom stereocenters. The number of para-hydroxylation sites is 2. The maximum absolute atomic E-state index is 8.60. The number of methoxy groups -OCH3 is 1. The monoisotopic (exact) mass is 332 g/mol. The van der Waals surface area contributed by atoms with E-state index in [2.05, 4.69) is 16.9 Å². The van der Waals surface area contributed by atoms with Crippen LogP contribution in [0.3, 0.4) is 0 Å². The number of ether oxygens (including phenoxy) is 1. The highest BCUT2D eigenvalue weighted by molar-refractivity contribution is 6.04. The van der Waals surface area contributed by atoms with E-state index in [4.69, 9.17) is 23.4 Å². The zero-order valence-corrected chi connectivity index (χ0v) is 13.8. The Balaban J connectivity index is 0.000000763. The van der Waals surface area contributed by atoms with Gasteiger partial charge in [-0.2, -0.15) is 14.0 Å². The Labute approximate surface area is 132 Å². The molecule has 0 saturated heterocycles. The molecule has 2 N–H and O–H groups in total. The molecule has 0 aliphatic carbocycles. The van der Waals surface area contributed by atoms with Crippen molar-refractivity contribution < 1.29 is 33.6 Å². The van der Waals surface area contributed by atoms with Crippen molar-refractivity contribution in [2.45, 2.75) is 26.3 Å². The maximum Gasteiger partial charge on any atom is 0.142 e. The molecule has 0 radical (unpaired) electrons. The van der Waals surface area contributed by atoms with Crippen molar-refractivity contribution in [1.29, 1.82) is 0 Å². The number of anilines is 1. The third-order valence-electron chi connectivity index (χ3n) is 2.02. The normalized spacial score (nSPS) is 12.1. The van der Waals surface area contributed by atoms with Gasteiger partial charge in [0.05, 0.1) is 33.2 Å². The average molecular weight is 333 g/mol. The summed E-state index contributed by atoms with van der Waals surface area (Å²) in [6, 6.07) is 7.72. The van der Waals surface area contributed by atoms with Crippen molar-refractivity contribution in [2.75, 3.05) is 12.4 Å². The van der Waals surface area contributed by atoms with Crippen LogP contribution in [-0.2, 0) is 0 Å². The van der Waals surface area contributed by atoms with Crippen molar-refractivity contribution in [3.8, 4) is 5.75 Å². The molecule has 0 atom stereocenters. The van der Waals surface area contributed by atoms with E-state index in [0.29, 0.717) is 0 Å². The minimum atomic E-state index is -4.69. The van der Waals surface area contributed by atoms with Crippen LogP contribution in [-0.4, -0.2) is 23.1 Å². The summed E-state index contributed by atoms with van der Waals surface area (Å²) in [5, 5.41) is 3.21. The van der Waals surface area contributed by atoms with Gasteiger partial charge in [-0.15, -0.1) is 0 Å². The largest absolute Gasteiger partial charge is 0.495 e. The first kappa shape index (κ1) is 20.4. The van der Waals surface area contributed by atoms with Crippen LogP contribution in [0, 0.1) is 10.2 Å². The van der Waals surface area contributed by atoms with Crippen molar-refractivity contribution >= 4 is 11.5 Å². The predicted molar refractivity (Wildman–Crippen MR) is 76.2 cm³/mol. The fourth-order valence-corrected chi connectivity index (χ4v) is 1.37. The SMILES string of the molecule is C=CC(=NC(C)(C)C)Nc1ccccc1OC.[O-][Cl+3]([O-])([O-])O. The van der Waals surface area contributed by atoms with Gasteiger partial charge in [0.2, 0.25) is 0 Å². The molecule has 0 aliphatic rings. The van der Waals surface area contributed by atoms with Crippen molar-refractivity contribution in [2.24, 2.45) is 4.99 Å². The molecule has 0 saturated carbocycles. The molecule has 22 heavy (non-hydrogen) atoms. The maximum atomic E-state index is 8.60. The molecule has 0 bridgehead atoms. The molecule has 0 fully saturated rings. The lowest BCUT2D eigenvalue weighted by Gasteiger charge is -2.16. The number of amidine groups is 1. The Morgan fingerprint density at radius 3 is 2.23 bits per heavy atom. The van der Waals surface area contributed by atoms with Gasteiger partial charge >= 0.3 is 0 Å². The highest BCUT2D eigenvalue weighted by Crippen LogP contribution is 2.23. The molecule has 1 rings (SSSR count). The highest BCUT2D eigenvalue weighted by Gasteiger charge is 2.09. The zero-order chi connectivity index (χ0) is 17.4. The molecule has 124 valence electrons. The second-order valence-electron chi connectivity index (χ2n) is 5.09. The zero-order valence-electron chi connectivity index (χ0n) is 13.0. The van der Waals surface area contributed by atoms with E-state index in [1.165, 1.54) is 0 Å². The molecule has 1 aromatic carbocycles. The summed E-state index contributed by atoms with van der Waals surface area (Å²) in [4.78, 5) is 4.53. The van der Waals surface area contributed by atoms with Crippen LogP contribution >= 0.6 is 0 Å². The lowest BCUT2D eigenvalue weighted by atomic mass is 10.1. The fourth-order valence-electron chi connectivity index (χ4n) is 1.37. The summed E-state index contributed by atoms with van der Waals surface area (Å²) in [6.45, 7) is 9.89. The lowest BCUT2D eigenvalue weighted by Crippen LogP contribution is -2.58. The fraction of sp³-hybridized carbons (Fsp3) is 0.357. The van der Waals surface area contributed by atoms with Gasteiger partial charge in [0.1, 0.15) is 11.6 Å². The van der Waals surface area contributed by atoms with Crippen LogP contribution in [0.2, 0.25) is 0 Å². The first-order valence-electron chi connectivity index (χ1n) is 6.22. The van der Waals surface area contributed by atoms with Gasteiger partial charge in [-0.05, 0) is 39.0 Å². The summed E-state index contributed by atoms with van der Waals surface area (Å²) in [5.74, 6) is 1.53. The summed E-state index contributed by atoms with van der Waals surface area (Å²) < 4.78 is 38.0. The number of halogens is 1. The molecule has 0 spiro atoms. The summed E-state index contributed by atoms with van der Waals surface area (Å²) in [7, 11) is -3.05. The quantitative estimate of drug-likeness (QED) is 0.561. The number of benzene rings is 1. The number of aliphatic imine (C=N–C) groups is 1. The van der Waals surface area contributed by atoms with Crippen molar-refractivity contribution in [1.82, 2.24) is 0 Å². The molecule has 0 aromatic heterocycles. The molecule has 0 heterocycles. The molecule has 7 nitrogen and oxygen atoms in total. The van der Waals surface area contributed by atoms with Crippen LogP contribution in [0.5, 0.6) is 5.75 Å². The van der Waals surface area contributed by atoms with Gasteiger partial charge in [-0.1, -0.05) is 18.7 Å². The number of hydrogen-bond acceptors (Lipinski definition) is 6. The third kappa shape index (κ3) is 11.1. The minimum absolute atomic E-state index is 0.140. The van der Waals surface area contributed by atoms with Gasteiger partial charge in [0, 0.05) is 0 Å². The number of nitrogens with zero attached hydrogens (tertiary/aromatic N) is 1. The van der Waals surface area contributed by atoms with Crippen LogP contribution in [0.15, 0.2) is 41.9 Å². The predicted octanol–water partition coefficient (Wildman–Crippen LogP) is -0.634. The van der Waals surface area contributed by atoms with Crippen molar-refractivity contribution in [3.05, 3.63) is 36.9 Å². The van der Waals surface area contributed by atoms with E-state index in [0.717, 1.165) is 17.3 Å². The summed E-state index contributed by atoms with van der Waals surface area (Å²) in [6.07, 6.45) is 1.71. The second-order valence-corrected chi connectivity index (χ2v) is 5.89. The molecule has 0 amide bonds. The van der Waals surface area contributed by atoms with E-state index < -0.39 is 10.2 Å². The van der Waals surface area contributed by atoms with E-state index >= 15 is 0 Å². The van der Waals surface area contributed by atoms with E-state index in [-0.39, 0.29) is 5.54 Å². The Hall–Kier alpha value is -1.64. The summed E-state index contributed by atoms with van der Waals surface area (Å²) in [5.41, 5.74) is 0.747. The van der Waals surface area contributed by atoms with Crippen LogP contribution in [0.4, 0.5) is 5.69 Å². The molecule has 1 aromatic rings. The third-order valence-corrected chi connectivity index (χ3v) is 2.02. The summed E-state index contributed by atoms with van der Waals surface area (Å²) >= 11 is 0. The van der Waals surface area contributed by atoms with E-state index in [9.17, 15) is 0 Å². The number of nitrogens with one attached hydrogen (secondary N) is 1. The Kier molecular flexibility index (Phi) is 8.07. The number of rotatable bonds is 3. The highest BCUT2D eigenvalue weighted by atomic mass is 35.7. The minimum Gasteiger partial charge on any atom is -0.495 e. The molecule has 0 aliphatic heterocycles. The van der Waals surface area contributed by atoms with Gasteiger partial charge in [-0.3, -0.25) is 4.99 Å². The average Bonchev–Trinajstić information content (AvgIpc) is 2.35. The van der Waals surface area contributed by atoms with Gasteiger partial charge in [0.15, 0.2) is 0 Å². The van der Waals surface area contributed by atoms with E-state index in [1.807, 2.05) is 45.0 Å². The standard InChI is InChI=1S/C14H20N2O.ClHO4/c1-6-13(16-14(2,3)4)15-11-9-7-8-10-12(11)17-5;2-1(3,4)5/h6-10H,1H2,2-5H3,(H,15,16);(H,2,3,4,5). The topological polar surface area (TPSA) is 123 Å². The van der Waals surface area contributed by atoms with Gasteiger partial charge < -0.3 is 10.1 Å². The second kappa shape index (κ2) is 8.72. The Morgan fingerprint density at radius 1 is 1.32 bits per heavy atom. The molecular formula is C14H21ClN2O5. The lowest BCUT2D eigenvalue weighted by molar-refractivity contribution is -1.92. The van der Waals surface area contributed by atoms with Gasteiger partial charge in [0.25, 0.3) is 0 Å². The smallest absolute Gasteiger partial charge is 0.142 e. The molecular weight excluding hydrogens is 312 g/mol. The first-order chi connectivity index (χ1) is 9.96. The van der Waals surface area contributed by atoms with Crippen molar-refractivity contribution in [3.63, 3.8) is 0 Å².